The first-order valence-corrected chi connectivity index (χ1v) is 5.57. The van der Waals surface area contributed by atoms with Gasteiger partial charge in [-0.15, -0.1) is 0 Å². The quantitative estimate of drug-likeness (QED) is 0.672. The summed E-state index contributed by atoms with van der Waals surface area (Å²) < 4.78 is 5.37. The summed E-state index contributed by atoms with van der Waals surface area (Å²) in [6.45, 7) is 1.76. The Kier molecular flexibility index (Phi) is 5.13. The Morgan fingerprint density at radius 1 is 1.39 bits per heavy atom. The molecule has 0 fully saturated rings. The molecular formula is C12H17N3O3. The van der Waals surface area contributed by atoms with Gasteiger partial charge in [-0.05, 0) is 19.1 Å². The van der Waals surface area contributed by atoms with E-state index in [0.29, 0.717) is 11.4 Å². The number of carbonyl (C=O) groups excluding carboxylic acids is 2. The van der Waals surface area contributed by atoms with E-state index in [0.717, 1.165) is 0 Å². The van der Waals surface area contributed by atoms with Crippen LogP contribution in [0.25, 0.3) is 0 Å². The molecule has 98 valence electrons. The smallest absolute Gasteiger partial charge is 0.241 e. The summed E-state index contributed by atoms with van der Waals surface area (Å²) in [6, 6.07) is 6.31. The fourth-order valence-electron chi connectivity index (χ4n) is 1.20. The molecule has 1 atom stereocenters. The normalized spacial score (nSPS) is 11.7. The van der Waals surface area contributed by atoms with Gasteiger partial charge in [0.15, 0.2) is 0 Å². The molecule has 0 radical (unpaired) electrons. The molecule has 6 heteroatoms. The zero-order valence-corrected chi connectivity index (χ0v) is 10.2. The molecule has 0 aliphatic carbocycles. The SMILES string of the molecule is CC(N)C(=O)Nc1ccccc1OCCC(N)=O. The predicted octanol–water partition coefficient (Wildman–Crippen LogP) is 0.226. The van der Waals surface area contributed by atoms with E-state index in [9.17, 15) is 9.59 Å². The second-order valence-electron chi connectivity index (χ2n) is 3.84. The summed E-state index contributed by atoms with van der Waals surface area (Å²) in [7, 11) is 0. The molecule has 6 nitrogen and oxygen atoms in total. The Morgan fingerprint density at radius 2 is 2.06 bits per heavy atom. The largest absolute Gasteiger partial charge is 0.491 e. The van der Waals surface area contributed by atoms with Crippen molar-refractivity contribution in [2.45, 2.75) is 19.4 Å². The van der Waals surface area contributed by atoms with E-state index in [1.807, 2.05) is 0 Å². The van der Waals surface area contributed by atoms with Crippen molar-refractivity contribution < 1.29 is 14.3 Å². The maximum Gasteiger partial charge on any atom is 0.241 e. The van der Waals surface area contributed by atoms with Crippen LogP contribution in [0.15, 0.2) is 24.3 Å². The van der Waals surface area contributed by atoms with Gasteiger partial charge >= 0.3 is 0 Å². The van der Waals surface area contributed by atoms with Gasteiger partial charge in [-0.25, -0.2) is 0 Å². The third-order valence-corrected chi connectivity index (χ3v) is 2.16. The van der Waals surface area contributed by atoms with Crippen LogP contribution in [-0.4, -0.2) is 24.5 Å². The molecule has 18 heavy (non-hydrogen) atoms. The van der Waals surface area contributed by atoms with Crippen molar-refractivity contribution in [3.63, 3.8) is 0 Å². The molecule has 5 N–H and O–H groups in total. The van der Waals surface area contributed by atoms with Crippen LogP contribution in [0, 0.1) is 0 Å². The lowest BCUT2D eigenvalue weighted by molar-refractivity contribution is -0.118. The van der Waals surface area contributed by atoms with E-state index < -0.39 is 11.9 Å². The van der Waals surface area contributed by atoms with Crippen molar-refractivity contribution in [2.75, 3.05) is 11.9 Å². The van der Waals surface area contributed by atoms with Crippen LogP contribution in [-0.2, 0) is 9.59 Å². The molecule has 1 aromatic carbocycles. The van der Waals surface area contributed by atoms with E-state index >= 15 is 0 Å². The molecule has 0 aliphatic rings. The fourth-order valence-corrected chi connectivity index (χ4v) is 1.20. The number of hydrogen-bond donors (Lipinski definition) is 3. The van der Waals surface area contributed by atoms with Gasteiger partial charge in [0.25, 0.3) is 0 Å². The zero-order chi connectivity index (χ0) is 13.5. The topological polar surface area (TPSA) is 107 Å². The molecule has 0 aromatic heterocycles. The highest BCUT2D eigenvalue weighted by Gasteiger charge is 2.10. The number of anilines is 1. The second-order valence-corrected chi connectivity index (χ2v) is 3.84. The molecule has 1 unspecified atom stereocenters. The predicted molar refractivity (Wildman–Crippen MR) is 68.0 cm³/mol. The van der Waals surface area contributed by atoms with Crippen molar-refractivity contribution in [3.05, 3.63) is 24.3 Å². The molecule has 1 rings (SSSR count). The number of hydrogen-bond acceptors (Lipinski definition) is 4. The lowest BCUT2D eigenvalue weighted by Gasteiger charge is -2.13. The van der Waals surface area contributed by atoms with Crippen LogP contribution in [0.5, 0.6) is 5.75 Å². The molecule has 0 heterocycles. The van der Waals surface area contributed by atoms with Gasteiger partial charge in [0.2, 0.25) is 11.8 Å². The Hall–Kier alpha value is -2.08. The molecule has 0 aliphatic heterocycles. The van der Waals surface area contributed by atoms with Gasteiger partial charge < -0.3 is 21.5 Å². The van der Waals surface area contributed by atoms with Gasteiger partial charge in [0.1, 0.15) is 5.75 Å². The fraction of sp³-hybridized carbons (Fsp3) is 0.333. The van der Waals surface area contributed by atoms with Crippen molar-refractivity contribution in [2.24, 2.45) is 11.5 Å². The first kappa shape index (κ1) is 14.0. The Balaban J connectivity index is 2.67. The highest BCUT2D eigenvalue weighted by atomic mass is 16.5. The van der Waals surface area contributed by atoms with Gasteiger partial charge in [0.05, 0.1) is 24.8 Å². The van der Waals surface area contributed by atoms with Crippen molar-refractivity contribution >= 4 is 17.5 Å². The summed E-state index contributed by atoms with van der Waals surface area (Å²) in [4.78, 5) is 22.1. The van der Waals surface area contributed by atoms with E-state index in [2.05, 4.69) is 5.32 Å². The first-order valence-electron chi connectivity index (χ1n) is 5.57. The number of ether oxygens (including phenoxy) is 1. The van der Waals surface area contributed by atoms with Crippen LogP contribution in [0.4, 0.5) is 5.69 Å². The Bertz CT molecular complexity index is 432. The summed E-state index contributed by atoms with van der Waals surface area (Å²) >= 11 is 0. The number of benzene rings is 1. The van der Waals surface area contributed by atoms with Crippen LogP contribution < -0.4 is 21.5 Å². The van der Waals surface area contributed by atoms with Crippen LogP contribution in [0.1, 0.15) is 13.3 Å². The highest BCUT2D eigenvalue weighted by Crippen LogP contribution is 2.23. The van der Waals surface area contributed by atoms with E-state index in [4.69, 9.17) is 16.2 Å². The summed E-state index contributed by atoms with van der Waals surface area (Å²) in [5.41, 5.74) is 11.0. The first-order chi connectivity index (χ1) is 8.50. The van der Waals surface area contributed by atoms with Crippen LogP contribution in [0.2, 0.25) is 0 Å². The maximum atomic E-state index is 11.5. The number of carbonyl (C=O) groups is 2. The zero-order valence-electron chi connectivity index (χ0n) is 10.2. The van der Waals surface area contributed by atoms with E-state index in [1.54, 1.807) is 31.2 Å². The van der Waals surface area contributed by atoms with Gasteiger partial charge in [-0.1, -0.05) is 12.1 Å². The Labute approximate surface area is 105 Å². The molecule has 0 saturated carbocycles. The van der Waals surface area contributed by atoms with Crippen molar-refractivity contribution in [3.8, 4) is 5.75 Å². The molecule has 0 saturated heterocycles. The summed E-state index contributed by atoms with van der Waals surface area (Å²) in [6.07, 6.45) is 0.121. The van der Waals surface area contributed by atoms with Gasteiger partial charge in [-0.3, -0.25) is 9.59 Å². The average molecular weight is 251 g/mol. The highest BCUT2D eigenvalue weighted by molar-refractivity contribution is 5.95. The summed E-state index contributed by atoms with van der Waals surface area (Å²) in [5, 5.41) is 2.64. The minimum atomic E-state index is -0.608. The third kappa shape index (κ3) is 4.42. The molecule has 2 amide bonds. The molecule has 0 bridgehead atoms. The summed E-state index contributed by atoms with van der Waals surface area (Å²) in [5.74, 6) is -0.263. The minimum Gasteiger partial charge on any atom is -0.491 e. The molecule has 0 spiro atoms. The van der Waals surface area contributed by atoms with Gasteiger partial charge in [-0.2, -0.15) is 0 Å². The lowest BCUT2D eigenvalue weighted by atomic mass is 10.2. The van der Waals surface area contributed by atoms with E-state index in [1.165, 1.54) is 0 Å². The van der Waals surface area contributed by atoms with Crippen LogP contribution in [0.3, 0.4) is 0 Å². The van der Waals surface area contributed by atoms with Gasteiger partial charge in [0, 0.05) is 0 Å². The number of nitrogens with one attached hydrogen (secondary N) is 1. The number of primary amides is 1. The minimum absolute atomic E-state index is 0.121. The second kappa shape index (κ2) is 6.61. The standard InChI is InChI=1S/C12H17N3O3/c1-8(13)12(17)15-9-4-2-3-5-10(9)18-7-6-11(14)16/h2-5,8H,6-7,13H2,1H3,(H2,14,16)(H,15,17). The number of rotatable bonds is 6. The monoisotopic (exact) mass is 251 g/mol. The number of para-hydroxylation sites is 2. The number of amides is 2. The average Bonchev–Trinajstić information content (AvgIpc) is 2.30. The van der Waals surface area contributed by atoms with E-state index in [-0.39, 0.29) is 18.9 Å². The lowest BCUT2D eigenvalue weighted by Crippen LogP contribution is -2.32. The van der Waals surface area contributed by atoms with Crippen molar-refractivity contribution in [1.29, 1.82) is 0 Å². The maximum absolute atomic E-state index is 11.5. The van der Waals surface area contributed by atoms with Crippen molar-refractivity contribution in [1.82, 2.24) is 0 Å². The third-order valence-electron chi connectivity index (χ3n) is 2.16. The van der Waals surface area contributed by atoms with Crippen LogP contribution >= 0.6 is 0 Å². The molecular weight excluding hydrogens is 234 g/mol. The number of nitrogens with two attached hydrogens (primary N) is 2. The Morgan fingerprint density at radius 3 is 2.67 bits per heavy atom. The molecule has 1 aromatic rings.